The van der Waals surface area contributed by atoms with Crippen LogP contribution in [0.2, 0.25) is 0 Å². The lowest BCUT2D eigenvalue weighted by atomic mass is 10.1. The maximum absolute atomic E-state index is 11.8. The van der Waals surface area contributed by atoms with Crippen LogP contribution in [0.3, 0.4) is 0 Å². The molecule has 0 spiro atoms. The lowest BCUT2D eigenvalue weighted by Gasteiger charge is -2.22. The minimum absolute atomic E-state index is 0.0930. The molecule has 0 aliphatic carbocycles. The van der Waals surface area contributed by atoms with Crippen molar-refractivity contribution in [3.63, 3.8) is 0 Å². The third kappa shape index (κ3) is 3.51. The molecule has 1 atom stereocenters. The molecule has 0 radical (unpaired) electrons. The first-order valence-electron chi connectivity index (χ1n) is 5.46. The molecule has 5 heteroatoms. The molecule has 1 saturated heterocycles. The van der Waals surface area contributed by atoms with Crippen molar-refractivity contribution in [2.45, 2.75) is 32.2 Å². The summed E-state index contributed by atoms with van der Waals surface area (Å²) < 4.78 is 0. The average molecular weight is 213 g/mol. The van der Waals surface area contributed by atoms with Crippen LogP contribution < -0.4 is 11.1 Å². The van der Waals surface area contributed by atoms with E-state index in [9.17, 15) is 9.59 Å². The molecule has 1 fully saturated rings. The summed E-state index contributed by atoms with van der Waals surface area (Å²) >= 11 is 0. The molecule has 86 valence electrons. The summed E-state index contributed by atoms with van der Waals surface area (Å²) in [5.74, 6) is -0.196. The molecule has 3 N–H and O–H groups in total. The van der Waals surface area contributed by atoms with Crippen molar-refractivity contribution in [1.82, 2.24) is 10.2 Å². The van der Waals surface area contributed by atoms with Crippen LogP contribution in [-0.4, -0.2) is 42.4 Å². The second-order valence-electron chi connectivity index (χ2n) is 3.86. The SMILES string of the molecule is CCC[C@@H](N)C(=O)N1CCCNC(=O)C1. The zero-order valence-corrected chi connectivity index (χ0v) is 9.16. The van der Waals surface area contributed by atoms with Crippen LogP contribution in [0.1, 0.15) is 26.2 Å². The van der Waals surface area contributed by atoms with E-state index in [-0.39, 0.29) is 18.4 Å². The smallest absolute Gasteiger partial charge is 0.239 e. The zero-order valence-electron chi connectivity index (χ0n) is 9.16. The fourth-order valence-corrected chi connectivity index (χ4v) is 1.66. The highest BCUT2D eigenvalue weighted by Crippen LogP contribution is 2.03. The first-order chi connectivity index (χ1) is 7.15. The van der Waals surface area contributed by atoms with Crippen LogP contribution in [0.15, 0.2) is 0 Å². The molecule has 1 heterocycles. The van der Waals surface area contributed by atoms with Gasteiger partial charge in [-0.3, -0.25) is 9.59 Å². The fraction of sp³-hybridized carbons (Fsp3) is 0.800. The van der Waals surface area contributed by atoms with Crippen molar-refractivity contribution in [1.29, 1.82) is 0 Å². The number of carbonyl (C=O) groups is 2. The van der Waals surface area contributed by atoms with E-state index >= 15 is 0 Å². The fourth-order valence-electron chi connectivity index (χ4n) is 1.66. The number of carbonyl (C=O) groups excluding carboxylic acids is 2. The summed E-state index contributed by atoms with van der Waals surface area (Å²) in [6, 6.07) is -0.458. The Hall–Kier alpha value is -1.10. The van der Waals surface area contributed by atoms with Crippen molar-refractivity contribution in [2.24, 2.45) is 5.73 Å². The Kier molecular flexibility index (Phi) is 4.55. The quantitative estimate of drug-likeness (QED) is 0.661. The van der Waals surface area contributed by atoms with Crippen LogP contribution >= 0.6 is 0 Å². The Morgan fingerprint density at radius 1 is 1.67 bits per heavy atom. The van der Waals surface area contributed by atoms with Gasteiger partial charge in [-0.25, -0.2) is 0 Å². The number of nitrogens with zero attached hydrogens (tertiary/aromatic N) is 1. The Balaban J connectivity index is 2.53. The largest absolute Gasteiger partial charge is 0.354 e. The highest BCUT2D eigenvalue weighted by Gasteiger charge is 2.23. The van der Waals surface area contributed by atoms with Gasteiger partial charge in [0.05, 0.1) is 12.6 Å². The minimum atomic E-state index is -0.458. The van der Waals surface area contributed by atoms with Crippen molar-refractivity contribution in [2.75, 3.05) is 19.6 Å². The molecule has 0 bridgehead atoms. The standard InChI is InChI=1S/C10H19N3O2/c1-2-4-8(11)10(15)13-6-3-5-12-9(14)7-13/h8H,2-7,11H2,1H3,(H,12,14)/t8-/m1/s1. The minimum Gasteiger partial charge on any atom is -0.354 e. The summed E-state index contributed by atoms with van der Waals surface area (Å²) in [4.78, 5) is 24.6. The predicted molar refractivity (Wildman–Crippen MR) is 57.1 cm³/mol. The van der Waals surface area contributed by atoms with E-state index in [1.165, 1.54) is 0 Å². The van der Waals surface area contributed by atoms with Gasteiger partial charge in [-0.1, -0.05) is 13.3 Å². The van der Waals surface area contributed by atoms with Gasteiger partial charge in [0.25, 0.3) is 0 Å². The topological polar surface area (TPSA) is 75.4 Å². The normalized spacial score (nSPS) is 19.3. The first-order valence-corrected chi connectivity index (χ1v) is 5.46. The molecule has 0 unspecified atom stereocenters. The van der Waals surface area contributed by atoms with Crippen molar-refractivity contribution in [3.05, 3.63) is 0 Å². The highest BCUT2D eigenvalue weighted by atomic mass is 16.2. The van der Waals surface area contributed by atoms with Gasteiger partial charge in [0, 0.05) is 13.1 Å². The molecule has 0 aromatic carbocycles. The summed E-state index contributed by atoms with van der Waals surface area (Å²) in [6.07, 6.45) is 2.36. The van der Waals surface area contributed by atoms with Crippen LogP contribution in [0.5, 0.6) is 0 Å². The summed E-state index contributed by atoms with van der Waals surface area (Å²) in [5.41, 5.74) is 5.73. The van der Waals surface area contributed by atoms with E-state index in [0.29, 0.717) is 19.5 Å². The van der Waals surface area contributed by atoms with E-state index in [1.807, 2.05) is 6.92 Å². The monoisotopic (exact) mass is 213 g/mol. The molecular formula is C10H19N3O2. The maximum Gasteiger partial charge on any atom is 0.239 e. The molecule has 0 saturated carbocycles. The second kappa shape index (κ2) is 5.70. The van der Waals surface area contributed by atoms with Gasteiger partial charge in [0.1, 0.15) is 0 Å². The molecule has 1 rings (SSSR count). The Bertz CT molecular complexity index is 243. The van der Waals surface area contributed by atoms with Gasteiger partial charge in [-0.2, -0.15) is 0 Å². The van der Waals surface area contributed by atoms with Crippen LogP contribution in [0.4, 0.5) is 0 Å². The number of hydrogen-bond acceptors (Lipinski definition) is 3. The average Bonchev–Trinajstić information content (AvgIpc) is 2.42. The molecular weight excluding hydrogens is 194 g/mol. The van der Waals surface area contributed by atoms with Crippen LogP contribution in [0.25, 0.3) is 0 Å². The predicted octanol–water partition coefficient (Wildman–Crippen LogP) is -0.538. The van der Waals surface area contributed by atoms with Gasteiger partial charge in [0.2, 0.25) is 11.8 Å². The van der Waals surface area contributed by atoms with E-state index in [0.717, 1.165) is 12.8 Å². The number of nitrogens with two attached hydrogens (primary N) is 1. The second-order valence-corrected chi connectivity index (χ2v) is 3.86. The van der Waals surface area contributed by atoms with Crippen molar-refractivity contribution >= 4 is 11.8 Å². The van der Waals surface area contributed by atoms with Gasteiger partial charge in [0.15, 0.2) is 0 Å². The lowest BCUT2D eigenvalue weighted by molar-refractivity contribution is -0.136. The maximum atomic E-state index is 11.8. The third-order valence-corrected chi connectivity index (χ3v) is 2.49. The lowest BCUT2D eigenvalue weighted by Crippen LogP contribution is -2.46. The van der Waals surface area contributed by atoms with Gasteiger partial charge < -0.3 is 16.0 Å². The highest BCUT2D eigenvalue weighted by molar-refractivity contribution is 5.87. The van der Waals surface area contributed by atoms with E-state index in [1.54, 1.807) is 4.90 Å². The van der Waals surface area contributed by atoms with E-state index in [4.69, 9.17) is 5.73 Å². The Morgan fingerprint density at radius 2 is 2.40 bits per heavy atom. The van der Waals surface area contributed by atoms with Crippen LogP contribution in [-0.2, 0) is 9.59 Å². The number of nitrogens with one attached hydrogen (secondary N) is 1. The van der Waals surface area contributed by atoms with Gasteiger partial charge in [-0.15, -0.1) is 0 Å². The Morgan fingerprint density at radius 3 is 3.07 bits per heavy atom. The Labute approximate surface area is 90.0 Å². The molecule has 1 aliphatic rings. The van der Waals surface area contributed by atoms with Crippen molar-refractivity contribution < 1.29 is 9.59 Å². The summed E-state index contributed by atoms with van der Waals surface area (Å²) in [5, 5.41) is 2.73. The van der Waals surface area contributed by atoms with Gasteiger partial charge >= 0.3 is 0 Å². The first kappa shape index (κ1) is 12.0. The number of amides is 2. The summed E-state index contributed by atoms with van der Waals surface area (Å²) in [7, 11) is 0. The van der Waals surface area contributed by atoms with Crippen LogP contribution in [0, 0.1) is 0 Å². The molecule has 0 aromatic rings. The molecule has 0 aromatic heterocycles. The van der Waals surface area contributed by atoms with E-state index < -0.39 is 6.04 Å². The number of hydrogen-bond donors (Lipinski definition) is 2. The molecule has 1 aliphatic heterocycles. The molecule has 2 amide bonds. The van der Waals surface area contributed by atoms with E-state index in [2.05, 4.69) is 5.32 Å². The van der Waals surface area contributed by atoms with Gasteiger partial charge in [-0.05, 0) is 12.8 Å². The zero-order chi connectivity index (χ0) is 11.3. The molecule has 15 heavy (non-hydrogen) atoms. The number of rotatable bonds is 3. The van der Waals surface area contributed by atoms with Crippen molar-refractivity contribution in [3.8, 4) is 0 Å². The third-order valence-electron chi connectivity index (χ3n) is 2.49. The summed E-state index contributed by atoms with van der Waals surface area (Å²) in [6.45, 7) is 3.40. The molecule has 5 nitrogen and oxygen atoms in total.